The van der Waals surface area contributed by atoms with Crippen LogP contribution in [-0.4, -0.2) is 40.2 Å². The van der Waals surface area contributed by atoms with E-state index in [1.807, 2.05) is 0 Å². The van der Waals surface area contributed by atoms with Gasteiger partial charge in [-0.1, -0.05) is 272 Å². The highest BCUT2D eigenvalue weighted by Gasteiger charge is 2.46. The van der Waals surface area contributed by atoms with E-state index in [1.54, 1.807) is 121 Å². The first-order valence-corrected chi connectivity index (χ1v) is 27.7. The highest BCUT2D eigenvalue weighted by atomic mass is 28.3. The zero-order valence-corrected chi connectivity index (χ0v) is 41.4. The molecule has 11 aromatic carbocycles. The Labute approximate surface area is 482 Å². The average Bonchev–Trinajstić information content (AvgIpc) is 0.867. The van der Waals surface area contributed by atoms with Crippen molar-refractivity contribution in [3.8, 4) is 23.3 Å². The predicted molar refractivity (Wildman–Crippen MR) is 321 cm³/mol. The van der Waals surface area contributed by atoms with Crippen LogP contribution in [0.3, 0.4) is 0 Å². The van der Waals surface area contributed by atoms with Gasteiger partial charge in [0.15, 0.2) is 22.0 Å². The average molecular weight is 1030 g/mol. The molecule has 7 heteroatoms. The third-order valence-corrected chi connectivity index (χ3v) is 22.2. The molecule has 0 aliphatic carbocycles. The van der Waals surface area contributed by atoms with Crippen LogP contribution in [0.2, 0.25) is 0 Å². The third kappa shape index (κ3) is 7.16. The van der Waals surface area contributed by atoms with Crippen molar-refractivity contribution in [2.75, 3.05) is 0 Å². The van der Waals surface area contributed by atoms with Crippen molar-refractivity contribution in [2.24, 2.45) is 0 Å². The molecule has 0 fully saturated rings. The van der Waals surface area contributed by atoms with Crippen LogP contribution >= 0.6 is 0 Å². The summed E-state index contributed by atoms with van der Waals surface area (Å²) in [5.74, 6) is -2.72. The highest BCUT2D eigenvalue weighted by molar-refractivity contribution is 7.22. The Morgan fingerprint density at radius 2 is 0.605 bits per heavy atom. The fraction of sp³-hybridized carbons (Fsp3) is 0. The quantitative estimate of drug-likeness (QED) is 0.0958. The molecule has 0 saturated carbocycles. The lowest BCUT2D eigenvalue weighted by molar-refractivity contribution is 0.893. The number of rotatable bonds is 11. The Kier molecular flexibility index (Phi) is 6.08. The van der Waals surface area contributed by atoms with E-state index in [9.17, 15) is 26.0 Å². The summed E-state index contributed by atoms with van der Waals surface area (Å²) in [6.45, 7) is 0. The smallest absolute Gasteiger partial charge is 0.240 e. The van der Waals surface area contributed by atoms with Crippen molar-refractivity contribution in [3.63, 3.8) is 0 Å². The molecule has 0 unspecified atom stereocenters. The van der Waals surface area contributed by atoms with Crippen LogP contribution in [0.1, 0.15) is 38.4 Å². The third-order valence-electron chi connectivity index (χ3n) is 13.4. The first-order valence-electron chi connectivity index (χ1n) is 37.7. The lowest BCUT2D eigenvalue weighted by Gasteiger charge is -2.38. The number of hydrogen-bond acceptors (Lipinski definition) is 3. The maximum absolute atomic E-state index is 11.5. The monoisotopic (exact) mass is 1030 g/mol. The van der Waals surface area contributed by atoms with Crippen LogP contribution in [0.25, 0.3) is 66.9 Å². The summed E-state index contributed by atoms with van der Waals surface area (Å²) in [5.41, 5.74) is -3.14. The topological polar surface area (TPSA) is 48.5 Å². The first-order chi connectivity index (χ1) is 49.3. The lowest BCUT2D eigenvalue weighted by Crippen LogP contribution is -2.78. The van der Waals surface area contributed by atoms with Gasteiger partial charge < -0.3 is 0 Å². The normalized spacial score (nSPS) is 17.1. The Bertz CT molecular complexity index is 5710. The Hall–Kier alpha value is -9.54. The minimum Gasteiger partial charge on any atom is -0.278 e. The standard InChI is InChI=1S/C69H49N5Si2/c1-7-27-51(28-8-1)75(52-29-9-2-10-30-52,53-31-11-3-12-32-53)57-47-50(48-58(49-57)76(54-33-13-4-14-34-54,55-35-15-5-16-36-55)56-37-17-6-18-38-56)67-70-68(73-63-43-23-19-39-59(63)60-40-20-24-44-64(60)73)72-69(71-67)74-65-45-25-21-41-61(65)62-42-22-26-46-66(62)74/h1-49H/i1D,4D,7D,8D,13D,14D,19D,20D,21D,23D,24D,25D,26D,27D,28D,33D,34D,39D,40D,41D,42D,43D,44D,45D,46D,47D,48D,49D. The minimum atomic E-state index is -5.33. The van der Waals surface area contributed by atoms with Crippen molar-refractivity contribution >= 4 is 101 Å². The molecule has 0 saturated heterocycles. The summed E-state index contributed by atoms with van der Waals surface area (Å²) < 4.78 is 272. The van der Waals surface area contributed by atoms with Crippen molar-refractivity contribution in [1.29, 1.82) is 0 Å². The summed E-state index contributed by atoms with van der Waals surface area (Å²) in [4.78, 5) is 15.0. The van der Waals surface area contributed by atoms with Gasteiger partial charge in [-0.25, -0.2) is 0 Å². The second-order valence-electron chi connectivity index (χ2n) is 17.3. The van der Waals surface area contributed by atoms with Crippen molar-refractivity contribution < 1.29 is 38.4 Å². The van der Waals surface area contributed by atoms with Crippen molar-refractivity contribution in [2.45, 2.75) is 0 Å². The van der Waals surface area contributed by atoms with Crippen molar-refractivity contribution in [1.82, 2.24) is 24.1 Å². The van der Waals surface area contributed by atoms with E-state index in [4.69, 9.17) is 27.3 Å². The summed E-state index contributed by atoms with van der Waals surface area (Å²) in [5, 5.41) is -3.15. The zero-order chi connectivity index (χ0) is 74.8. The molecule has 14 aromatic rings. The summed E-state index contributed by atoms with van der Waals surface area (Å²) in [6, 6.07) is 9.50. The minimum absolute atomic E-state index is 0.140. The largest absolute Gasteiger partial charge is 0.278 e. The van der Waals surface area contributed by atoms with Crippen LogP contribution in [-0.2, 0) is 0 Å². The van der Waals surface area contributed by atoms with Crippen LogP contribution in [0.15, 0.2) is 297 Å². The van der Waals surface area contributed by atoms with E-state index in [1.165, 1.54) is 0 Å². The fourth-order valence-electron chi connectivity index (χ4n) is 10.3. The van der Waals surface area contributed by atoms with Crippen LogP contribution in [0, 0.1) is 0 Å². The van der Waals surface area contributed by atoms with E-state index in [2.05, 4.69) is 0 Å². The van der Waals surface area contributed by atoms with Gasteiger partial charge in [-0.05, 0) is 65.7 Å². The summed E-state index contributed by atoms with van der Waals surface area (Å²) in [6.07, 6.45) is 0. The number of aromatic nitrogens is 5. The molecule has 358 valence electrons. The molecular weight excluding hydrogens is 955 g/mol. The van der Waals surface area contributed by atoms with E-state index >= 15 is 0 Å². The molecule has 14 rings (SSSR count). The Morgan fingerprint density at radius 1 is 0.276 bits per heavy atom. The highest BCUT2D eigenvalue weighted by Crippen LogP contribution is 2.34. The number of fused-ring (bicyclic) bond motifs is 6. The van der Waals surface area contributed by atoms with E-state index in [0.29, 0.717) is 0 Å². The molecule has 0 aliphatic heterocycles. The molecule has 0 spiro atoms. The van der Waals surface area contributed by atoms with E-state index in [-0.39, 0.29) is 26.1 Å². The number of para-hydroxylation sites is 4. The van der Waals surface area contributed by atoms with Crippen LogP contribution in [0.5, 0.6) is 0 Å². The Balaban J connectivity index is 1.35. The molecule has 0 aliphatic rings. The number of nitrogens with zero attached hydrogens (tertiary/aromatic N) is 5. The second kappa shape index (κ2) is 18.7. The molecule has 0 N–H and O–H groups in total. The maximum Gasteiger partial charge on any atom is 0.240 e. The SMILES string of the molecule is [2H]c1cc([2H])c2c3c([2H])c([2H])c([2H])c([2H])c3n(-c3nc(-c4c([2H])c([Si](c5ccccc5)(c5ccccc5)c5c([2H])c([2H])c([2H])c([2H])c5[2H])c([2H])c([Si](c5ccccc5)(c5ccccc5)c5c([2H])c([2H])c([2H])c([2H])c5[2H])c4[2H])nc(-n4c5c([2H])c([2H])c([2H])c([2H])c5c5c([2H])c([2H])c([2H])c([2H])c54)n3)c2c1[2H]. The van der Waals surface area contributed by atoms with Gasteiger partial charge in [-0.15, -0.1) is 0 Å². The van der Waals surface area contributed by atoms with Gasteiger partial charge in [-0.3, -0.25) is 9.13 Å². The number of hydrogen-bond donors (Lipinski definition) is 0. The molecule has 0 amide bonds. The zero-order valence-electron chi connectivity index (χ0n) is 67.4. The van der Waals surface area contributed by atoms with Crippen molar-refractivity contribution in [3.05, 3.63) is 297 Å². The lowest BCUT2D eigenvalue weighted by atomic mass is 10.2. The van der Waals surface area contributed by atoms with E-state index in [0.717, 1.165) is 15.2 Å². The molecule has 5 nitrogen and oxygen atoms in total. The fourth-order valence-corrected chi connectivity index (χ4v) is 18.9. The summed E-state index contributed by atoms with van der Waals surface area (Å²) in [7, 11) is -10.7. The second-order valence-corrected chi connectivity index (χ2v) is 24.7. The molecule has 0 atom stereocenters. The molecule has 76 heavy (non-hydrogen) atoms. The maximum atomic E-state index is 11.5. The van der Waals surface area contributed by atoms with Gasteiger partial charge in [0.25, 0.3) is 0 Å². The number of benzene rings is 11. The predicted octanol–water partition coefficient (Wildman–Crippen LogP) is 10.5. The van der Waals surface area contributed by atoms with Crippen LogP contribution < -0.4 is 41.5 Å². The molecule has 0 radical (unpaired) electrons. The van der Waals surface area contributed by atoms with Gasteiger partial charge >= 0.3 is 0 Å². The van der Waals surface area contributed by atoms with Gasteiger partial charge in [-0.2, -0.15) is 15.0 Å². The molecule has 3 heterocycles. The van der Waals surface area contributed by atoms with Gasteiger partial charge in [0.2, 0.25) is 11.9 Å². The van der Waals surface area contributed by atoms with Gasteiger partial charge in [0, 0.05) is 27.1 Å². The van der Waals surface area contributed by atoms with E-state index < -0.39 is 268 Å². The first kappa shape index (κ1) is 24.7. The summed E-state index contributed by atoms with van der Waals surface area (Å²) >= 11 is 0. The van der Waals surface area contributed by atoms with Gasteiger partial charge in [0.1, 0.15) is 0 Å². The van der Waals surface area contributed by atoms with Crippen LogP contribution in [0.4, 0.5) is 0 Å². The molecule has 3 aromatic heterocycles. The molecule has 0 bridgehead atoms. The Morgan fingerprint density at radius 3 is 0.987 bits per heavy atom. The molecular formula is C69H49N5Si2. The van der Waals surface area contributed by atoms with Gasteiger partial charge in [0.05, 0.1) is 60.4 Å².